The Hall–Kier alpha value is -3.37. The molecular formula is C23H36N5O12P. The first kappa shape index (κ1) is 33.8. The lowest BCUT2D eigenvalue weighted by Crippen LogP contribution is -2.25. The van der Waals surface area contributed by atoms with Gasteiger partial charge in [0.25, 0.3) is 5.91 Å². The van der Waals surface area contributed by atoms with E-state index in [-0.39, 0.29) is 24.4 Å². The van der Waals surface area contributed by atoms with E-state index in [9.17, 15) is 18.9 Å². The number of carbonyl (C=O) groups excluding carboxylic acids is 3. The van der Waals surface area contributed by atoms with E-state index in [0.29, 0.717) is 12.3 Å². The van der Waals surface area contributed by atoms with Gasteiger partial charge in [0.1, 0.15) is 18.2 Å². The minimum absolute atomic E-state index is 0.0275. The molecule has 1 N–H and O–H groups in total. The molecule has 0 aliphatic heterocycles. The highest BCUT2D eigenvalue weighted by molar-refractivity contribution is 7.53. The number of amides is 1. The number of carbonyl (C=O) groups is 3. The van der Waals surface area contributed by atoms with Crippen LogP contribution in [0.1, 0.15) is 57.9 Å². The van der Waals surface area contributed by atoms with Crippen molar-refractivity contribution >= 4 is 37.0 Å². The topological polar surface area (TPSA) is 198 Å². The number of unbranched alkanes of at least 4 members (excludes halogenated alkanes) is 1. The average molecular weight is 606 g/mol. The molecule has 0 saturated heterocycles. The molecule has 0 atom stereocenters. The number of hydroxylamine groups is 1. The second-order valence-electron chi connectivity index (χ2n) is 8.73. The van der Waals surface area contributed by atoms with Crippen molar-refractivity contribution in [3.8, 4) is 0 Å². The third kappa shape index (κ3) is 12.4. The summed E-state index contributed by atoms with van der Waals surface area (Å²) in [5.41, 5.74) is 2.96. The largest absolute Gasteiger partial charge is 0.510 e. The Balaban J connectivity index is 1.95. The third-order valence-corrected chi connectivity index (χ3v) is 6.12. The molecule has 0 saturated carbocycles. The second-order valence-corrected chi connectivity index (χ2v) is 10.7. The molecule has 41 heavy (non-hydrogen) atoms. The number of ether oxygens (including phenoxy) is 5. The lowest BCUT2D eigenvalue weighted by Gasteiger charge is -2.19. The monoisotopic (exact) mass is 605 g/mol. The van der Waals surface area contributed by atoms with Crippen LogP contribution in [0.3, 0.4) is 0 Å². The molecular weight excluding hydrogens is 569 g/mol. The normalized spacial score (nSPS) is 11.6. The average Bonchev–Trinajstić information content (AvgIpc) is 3.31. The van der Waals surface area contributed by atoms with Crippen LogP contribution in [-0.2, 0) is 48.7 Å². The lowest BCUT2D eigenvalue weighted by atomic mass is 10.3. The summed E-state index contributed by atoms with van der Waals surface area (Å²) in [4.78, 5) is 53.1. The number of fused-ring (bicyclic) bond motifs is 1. The summed E-state index contributed by atoms with van der Waals surface area (Å²) in [5, 5.41) is 0. The molecule has 1 amide bonds. The number of hydrogen-bond donors (Lipinski definition) is 1. The van der Waals surface area contributed by atoms with E-state index in [1.54, 1.807) is 32.3 Å². The van der Waals surface area contributed by atoms with Crippen molar-refractivity contribution in [2.45, 2.75) is 66.2 Å². The molecule has 2 heterocycles. The van der Waals surface area contributed by atoms with E-state index in [1.165, 1.54) is 12.7 Å². The van der Waals surface area contributed by atoms with Crippen LogP contribution in [0.15, 0.2) is 12.7 Å². The van der Waals surface area contributed by atoms with Gasteiger partial charge in [-0.3, -0.25) is 23.2 Å². The van der Waals surface area contributed by atoms with Crippen molar-refractivity contribution in [3.63, 3.8) is 0 Å². The smallest absolute Gasteiger partial charge is 0.432 e. The standard InChI is InChI=1S/C23H36N5O12P/c1-6-7-9-36-27-21(29)19-18-20(25-11-24-19)28(12-26-18)8-10-33-15-41(32,37-13-34-22(30)39-16(2)3)38-14-35-23(31)40-17(4)5/h11-12,16-17H,6-10,13-15H2,1-5H3,(H,27,29). The summed E-state index contributed by atoms with van der Waals surface area (Å²) in [6, 6.07) is 0. The molecule has 0 unspecified atom stereocenters. The molecule has 230 valence electrons. The Labute approximate surface area is 236 Å². The van der Waals surface area contributed by atoms with Crippen LogP contribution in [0.4, 0.5) is 9.59 Å². The van der Waals surface area contributed by atoms with E-state index >= 15 is 0 Å². The maximum absolute atomic E-state index is 13.1. The second kappa shape index (κ2) is 17.4. The van der Waals surface area contributed by atoms with Gasteiger partial charge in [-0.05, 0) is 34.1 Å². The molecule has 0 aromatic carbocycles. The zero-order chi connectivity index (χ0) is 30.3. The maximum Gasteiger partial charge on any atom is 0.510 e. The van der Waals surface area contributed by atoms with Gasteiger partial charge in [0.2, 0.25) is 13.6 Å². The van der Waals surface area contributed by atoms with Gasteiger partial charge >= 0.3 is 19.9 Å². The number of hydrogen-bond acceptors (Lipinski definition) is 15. The summed E-state index contributed by atoms with van der Waals surface area (Å²) in [7, 11) is -4.10. The van der Waals surface area contributed by atoms with Crippen molar-refractivity contribution in [1.82, 2.24) is 25.0 Å². The van der Waals surface area contributed by atoms with Crippen LogP contribution in [0.25, 0.3) is 11.2 Å². The van der Waals surface area contributed by atoms with Gasteiger partial charge in [0, 0.05) is 6.54 Å². The molecule has 0 aliphatic rings. The van der Waals surface area contributed by atoms with Crippen LogP contribution < -0.4 is 5.48 Å². The van der Waals surface area contributed by atoms with Gasteiger partial charge in [0.15, 0.2) is 11.3 Å². The Morgan fingerprint density at radius 1 is 0.951 bits per heavy atom. The Kier molecular flexibility index (Phi) is 14.4. The van der Waals surface area contributed by atoms with Crippen molar-refractivity contribution in [3.05, 3.63) is 18.3 Å². The van der Waals surface area contributed by atoms with E-state index in [1.807, 2.05) is 6.92 Å². The van der Waals surface area contributed by atoms with Crippen LogP contribution in [0, 0.1) is 0 Å². The number of aromatic nitrogens is 4. The summed E-state index contributed by atoms with van der Waals surface area (Å²) >= 11 is 0. The molecule has 2 aromatic heterocycles. The number of nitrogens with one attached hydrogen (secondary N) is 1. The minimum atomic E-state index is -4.10. The Morgan fingerprint density at radius 3 is 2.17 bits per heavy atom. The van der Waals surface area contributed by atoms with Gasteiger partial charge in [0.05, 0.1) is 31.7 Å². The van der Waals surface area contributed by atoms with E-state index in [4.69, 9.17) is 37.6 Å². The molecule has 0 radical (unpaired) electrons. The quantitative estimate of drug-likeness (QED) is 0.0850. The highest BCUT2D eigenvalue weighted by Gasteiger charge is 2.28. The van der Waals surface area contributed by atoms with Crippen LogP contribution >= 0.6 is 7.60 Å². The molecule has 2 aromatic rings. The third-order valence-electron chi connectivity index (χ3n) is 4.62. The van der Waals surface area contributed by atoms with Gasteiger partial charge in [-0.1, -0.05) is 13.3 Å². The van der Waals surface area contributed by atoms with Crippen LogP contribution in [0.2, 0.25) is 0 Å². The zero-order valence-corrected chi connectivity index (χ0v) is 24.5. The molecule has 0 bridgehead atoms. The molecule has 0 aliphatic carbocycles. The first-order valence-electron chi connectivity index (χ1n) is 12.7. The molecule has 0 spiro atoms. The van der Waals surface area contributed by atoms with Crippen molar-refractivity contribution in [2.24, 2.45) is 0 Å². The Morgan fingerprint density at radius 2 is 1.59 bits per heavy atom. The van der Waals surface area contributed by atoms with Crippen LogP contribution in [-0.4, -0.2) is 83.1 Å². The molecule has 17 nitrogen and oxygen atoms in total. The first-order valence-corrected chi connectivity index (χ1v) is 14.5. The first-order chi connectivity index (χ1) is 19.5. The highest BCUT2D eigenvalue weighted by Crippen LogP contribution is 2.48. The maximum atomic E-state index is 13.1. The number of rotatable bonds is 18. The van der Waals surface area contributed by atoms with Crippen molar-refractivity contribution in [2.75, 3.05) is 33.1 Å². The van der Waals surface area contributed by atoms with Gasteiger partial charge in [-0.15, -0.1) is 0 Å². The van der Waals surface area contributed by atoms with Gasteiger partial charge in [-0.2, -0.15) is 0 Å². The number of imidazole rings is 1. The number of nitrogens with zero attached hydrogens (tertiary/aromatic N) is 4. The molecule has 0 fully saturated rings. The van der Waals surface area contributed by atoms with Gasteiger partial charge in [-0.25, -0.2) is 30.0 Å². The minimum Gasteiger partial charge on any atom is -0.432 e. The Bertz CT molecular complexity index is 1140. The van der Waals surface area contributed by atoms with Crippen molar-refractivity contribution < 1.29 is 56.5 Å². The fourth-order valence-electron chi connectivity index (χ4n) is 2.81. The fourth-order valence-corrected chi connectivity index (χ4v) is 3.81. The predicted molar refractivity (Wildman–Crippen MR) is 139 cm³/mol. The summed E-state index contributed by atoms with van der Waals surface area (Å²) in [6.07, 6.45) is 0.785. The van der Waals surface area contributed by atoms with E-state index < -0.39 is 58.0 Å². The summed E-state index contributed by atoms with van der Waals surface area (Å²) in [6.45, 7) is 7.42. The molecule has 18 heteroatoms. The predicted octanol–water partition coefficient (Wildman–Crippen LogP) is 3.53. The summed E-state index contributed by atoms with van der Waals surface area (Å²) in [5.74, 6) is -0.566. The van der Waals surface area contributed by atoms with E-state index in [0.717, 1.165) is 12.8 Å². The van der Waals surface area contributed by atoms with Crippen LogP contribution in [0.5, 0.6) is 0 Å². The summed E-state index contributed by atoms with van der Waals surface area (Å²) < 4.78 is 49.4. The molecule has 2 rings (SSSR count). The lowest BCUT2D eigenvalue weighted by molar-refractivity contribution is -0.0344. The highest BCUT2D eigenvalue weighted by atomic mass is 31.2. The van der Waals surface area contributed by atoms with Gasteiger partial charge < -0.3 is 28.3 Å². The SMILES string of the molecule is CCCCONC(=O)c1ncnc2c1ncn2CCOCP(=O)(OCOC(=O)OC(C)C)OCOC(=O)OC(C)C. The van der Waals surface area contributed by atoms with Crippen molar-refractivity contribution in [1.29, 1.82) is 0 Å². The van der Waals surface area contributed by atoms with E-state index in [2.05, 4.69) is 20.4 Å². The fraction of sp³-hybridized carbons (Fsp3) is 0.652. The zero-order valence-electron chi connectivity index (χ0n) is 23.6.